The molecule has 1 aliphatic heterocycles. The topological polar surface area (TPSA) is 32.5 Å². The summed E-state index contributed by atoms with van der Waals surface area (Å²) in [7, 11) is 0. The van der Waals surface area contributed by atoms with E-state index in [0.717, 1.165) is 39.0 Å². The van der Waals surface area contributed by atoms with Crippen LogP contribution in [0.25, 0.3) is 22.1 Å². The van der Waals surface area contributed by atoms with E-state index in [1.165, 1.54) is 0 Å². The van der Waals surface area contributed by atoms with Crippen LogP contribution < -0.4 is 9.80 Å². The molecule has 3 heterocycles. The third-order valence-electron chi connectivity index (χ3n) is 4.77. The van der Waals surface area contributed by atoms with Gasteiger partial charge >= 0.3 is 0 Å². The zero-order valence-corrected chi connectivity index (χ0v) is 14.7. The zero-order chi connectivity index (χ0) is 17.7. The number of anilines is 2. The van der Waals surface area contributed by atoms with Crippen molar-refractivity contribution < 1.29 is 4.42 Å². The molecule has 5 rings (SSSR count). The smallest absolute Gasteiger partial charge is 0.227 e. The van der Waals surface area contributed by atoms with E-state index >= 15 is 0 Å². The van der Waals surface area contributed by atoms with E-state index in [1.54, 1.807) is 0 Å². The minimum Gasteiger partial charge on any atom is -0.435 e. The van der Waals surface area contributed by atoms with Crippen LogP contribution in [0.1, 0.15) is 11.3 Å². The van der Waals surface area contributed by atoms with Crippen molar-refractivity contribution in [1.29, 1.82) is 0 Å². The summed E-state index contributed by atoms with van der Waals surface area (Å²) < 4.78 is 6.17. The predicted molar refractivity (Wildman–Crippen MR) is 106 cm³/mol. The first-order chi connectivity index (χ1) is 12.7. The van der Waals surface area contributed by atoms with Gasteiger partial charge < -0.3 is 14.2 Å². The summed E-state index contributed by atoms with van der Waals surface area (Å²) in [6.45, 7) is 6.16. The number of aryl methyl sites for hydroxylation is 2. The highest BCUT2D eigenvalue weighted by atomic mass is 16.3. The molecular formula is C22H18N3O. The third-order valence-corrected chi connectivity index (χ3v) is 4.77. The number of nitrogens with zero attached hydrogens (tertiary/aromatic N) is 3. The number of benzene rings is 2. The lowest BCUT2D eigenvalue weighted by atomic mass is 10.1. The van der Waals surface area contributed by atoms with E-state index in [4.69, 9.17) is 4.42 Å². The number of rotatable bonds is 2. The Kier molecular flexibility index (Phi) is 3.25. The van der Waals surface area contributed by atoms with Crippen molar-refractivity contribution in [2.24, 2.45) is 0 Å². The summed E-state index contributed by atoms with van der Waals surface area (Å²) in [5.74, 6) is 0. The van der Waals surface area contributed by atoms with E-state index in [1.807, 2.05) is 31.2 Å². The summed E-state index contributed by atoms with van der Waals surface area (Å²) in [5.41, 5.74) is 5.84. The van der Waals surface area contributed by atoms with Crippen molar-refractivity contribution in [3.8, 4) is 0 Å². The molecule has 0 amide bonds. The highest BCUT2D eigenvalue weighted by molar-refractivity contribution is 6.09. The van der Waals surface area contributed by atoms with Crippen LogP contribution in [0.4, 0.5) is 11.4 Å². The van der Waals surface area contributed by atoms with Crippen LogP contribution in [-0.4, -0.2) is 4.98 Å². The molecule has 1 aliphatic rings. The van der Waals surface area contributed by atoms with Crippen molar-refractivity contribution in [2.45, 2.75) is 13.8 Å². The Labute approximate surface area is 152 Å². The lowest BCUT2D eigenvalue weighted by Gasteiger charge is -2.21. The molecule has 2 aromatic carbocycles. The average Bonchev–Trinajstić information content (AvgIpc) is 3.26. The van der Waals surface area contributed by atoms with Crippen molar-refractivity contribution in [2.75, 3.05) is 9.80 Å². The number of furan rings is 1. The Morgan fingerprint density at radius 3 is 2.42 bits per heavy atom. The standard InChI is InChI=1S/C22H18N3O/c1-15-8-10-18-19-11-9-16(2)23-22(19)26-21(18)20(15)25-13-12-24(14-25)17-6-4-3-5-7-17/h3-14H,1-2H3. The van der Waals surface area contributed by atoms with Gasteiger partial charge in [0.15, 0.2) is 12.3 Å². The van der Waals surface area contributed by atoms with E-state index in [0.29, 0.717) is 5.71 Å². The average molecular weight is 340 g/mol. The Balaban J connectivity index is 1.62. The molecule has 0 spiro atoms. The third kappa shape index (κ3) is 2.26. The summed E-state index contributed by atoms with van der Waals surface area (Å²) in [4.78, 5) is 8.76. The van der Waals surface area contributed by atoms with Crippen LogP contribution in [0.5, 0.6) is 0 Å². The molecule has 4 heteroatoms. The van der Waals surface area contributed by atoms with Gasteiger partial charge in [-0.1, -0.05) is 30.3 Å². The van der Waals surface area contributed by atoms with Crippen LogP contribution in [0.15, 0.2) is 71.4 Å². The van der Waals surface area contributed by atoms with Gasteiger partial charge in [-0.15, -0.1) is 0 Å². The van der Waals surface area contributed by atoms with E-state index in [9.17, 15) is 0 Å². The van der Waals surface area contributed by atoms with Crippen molar-refractivity contribution in [1.82, 2.24) is 4.98 Å². The molecule has 0 N–H and O–H groups in total. The van der Waals surface area contributed by atoms with Gasteiger partial charge in [-0.05, 0) is 43.7 Å². The highest BCUT2D eigenvalue weighted by Gasteiger charge is 2.22. The lowest BCUT2D eigenvalue weighted by molar-refractivity contribution is 0.652. The SMILES string of the molecule is Cc1ccc2c(n1)oc1c(N3[CH]N(c4ccccc4)C=C3)c(C)ccc12. The molecule has 1 radical (unpaired) electrons. The van der Waals surface area contributed by atoms with Gasteiger partial charge in [0.05, 0.1) is 5.69 Å². The van der Waals surface area contributed by atoms with Crippen molar-refractivity contribution in [3.63, 3.8) is 0 Å². The van der Waals surface area contributed by atoms with Crippen LogP contribution >= 0.6 is 0 Å². The molecule has 0 fully saturated rings. The molecule has 4 nitrogen and oxygen atoms in total. The fourth-order valence-corrected chi connectivity index (χ4v) is 3.46. The second-order valence-corrected chi connectivity index (χ2v) is 6.58. The van der Waals surface area contributed by atoms with Gasteiger partial charge in [-0.3, -0.25) is 0 Å². The molecule has 0 unspecified atom stereocenters. The van der Waals surface area contributed by atoms with Crippen LogP contribution in [0.3, 0.4) is 0 Å². The maximum atomic E-state index is 6.17. The first-order valence-corrected chi connectivity index (χ1v) is 8.65. The van der Waals surface area contributed by atoms with E-state index in [-0.39, 0.29) is 0 Å². The number of hydrogen-bond acceptors (Lipinski definition) is 4. The molecule has 127 valence electrons. The first-order valence-electron chi connectivity index (χ1n) is 8.65. The van der Waals surface area contributed by atoms with Crippen LogP contribution in [-0.2, 0) is 0 Å². The fourth-order valence-electron chi connectivity index (χ4n) is 3.46. The number of para-hydroxylation sites is 1. The summed E-state index contributed by atoms with van der Waals surface area (Å²) in [6, 6.07) is 18.6. The largest absolute Gasteiger partial charge is 0.435 e. The van der Waals surface area contributed by atoms with Gasteiger partial charge in [-0.2, -0.15) is 0 Å². The maximum Gasteiger partial charge on any atom is 0.227 e. The normalized spacial score (nSPS) is 14.1. The minimum absolute atomic E-state index is 0.690. The summed E-state index contributed by atoms with van der Waals surface area (Å²) in [5, 5.41) is 2.14. The van der Waals surface area contributed by atoms with Crippen LogP contribution in [0, 0.1) is 20.5 Å². The Hall–Kier alpha value is -3.27. The van der Waals surface area contributed by atoms with Crippen LogP contribution in [0.2, 0.25) is 0 Å². The molecule has 4 aromatic rings. The lowest BCUT2D eigenvalue weighted by Crippen LogP contribution is -2.18. The fraction of sp³-hybridized carbons (Fsp3) is 0.0909. The molecule has 2 aromatic heterocycles. The molecular weight excluding hydrogens is 322 g/mol. The Morgan fingerprint density at radius 1 is 0.808 bits per heavy atom. The molecule has 0 saturated heterocycles. The van der Waals surface area contributed by atoms with E-state index < -0.39 is 0 Å². The van der Waals surface area contributed by atoms with Gasteiger partial charge in [-0.25, -0.2) is 4.98 Å². The summed E-state index contributed by atoms with van der Waals surface area (Å²) >= 11 is 0. The number of hydrogen-bond donors (Lipinski definition) is 0. The predicted octanol–water partition coefficient (Wildman–Crippen LogP) is 5.51. The maximum absolute atomic E-state index is 6.17. The van der Waals surface area contributed by atoms with Gasteiger partial charge in [0.25, 0.3) is 0 Å². The molecule has 0 bridgehead atoms. The number of fused-ring (bicyclic) bond motifs is 3. The number of pyridine rings is 1. The monoisotopic (exact) mass is 340 g/mol. The molecule has 0 atom stereocenters. The Morgan fingerprint density at radius 2 is 1.58 bits per heavy atom. The quantitative estimate of drug-likeness (QED) is 0.481. The summed E-state index contributed by atoms with van der Waals surface area (Å²) in [6.07, 6.45) is 4.11. The second-order valence-electron chi connectivity index (χ2n) is 6.58. The highest BCUT2D eigenvalue weighted by Crippen LogP contribution is 2.39. The zero-order valence-electron chi connectivity index (χ0n) is 14.7. The van der Waals surface area contributed by atoms with Crippen molar-refractivity contribution >= 4 is 33.4 Å². The molecule has 0 aliphatic carbocycles. The second kappa shape index (κ2) is 5.63. The minimum atomic E-state index is 0.690. The van der Waals surface area contributed by atoms with E-state index in [2.05, 4.69) is 71.1 Å². The number of aromatic nitrogens is 1. The van der Waals surface area contributed by atoms with Gasteiger partial charge in [0.2, 0.25) is 5.71 Å². The molecule has 0 saturated carbocycles. The van der Waals surface area contributed by atoms with Gasteiger partial charge in [0, 0.05) is 34.6 Å². The van der Waals surface area contributed by atoms with Crippen molar-refractivity contribution in [3.05, 3.63) is 84.9 Å². The molecule has 26 heavy (non-hydrogen) atoms. The van der Waals surface area contributed by atoms with Gasteiger partial charge in [0.1, 0.15) is 0 Å². The first kappa shape index (κ1) is 15.0. The Bertz CT molecular complexity index is 1140.